The van der Waals surface area contributed by atoms with Crippen molar-refractivity contribution in [2.45, 2.75) is 24.9 Å². The number of hydrogen-bond acceptors (Lipinski definition) is 1. The molecule has 2 aromatic carbocycles. The maximum Gasteiger partial charge on any atom is 0.133 e. The first kappa shape index (κ1) is 20.1. The van der Waals surface area contributed by atoms with Gasteiger partial charge < -0.3 is 33.6 Å². The van der Waals surface area contributed by atoms with Gasteiger partial charge in [0.15, 0.2) is 0 Å². The third kappa shape index (κ3) is 4.93. The highest BCUT2D eigenvalue weighted by Gasteiger charge is 2.29. The summed E-state index contributed by atoms with van der Waals surface area (Å²) in [6, 6.07) is 19.9. The number of quaternary nitrogens is 1. The van der Waals surface area contributed by atoms with Gasteiger partial charge in [0, 0.05) is 0 Å². The van der Waals surface area contributed by atoms with E-state index in [1.54, 1.807) is 0 Å². The summed E-state index contributed by atoms with van der Waals surface area (Å²) in [4.78, 5) is 0. The highest BCUT2D eigenvalue weighted by Crippen LogP contribution is 2.31. The Kier molecular flexibility index (Phi) is 7.23. The van der Waals surface area contributed by atoms with Gasteiger partial charge in [-0.1, -0.05) is 60.7 Å². The summed E-state index contributed by atoms with van der Waals surface area (Å²) < 4.78 is 1.08. The van der Waals surface area contributed by atoms with Crippen LogP contribution in [-0.4, -0.2) is 36.3 Å². The molecule has 2 nitrogen and oxygen atoms in total. The van der Waals surface area contributed by atoms with Gasteiger partial charge in [0.1, 0.15) is 5.60 Å². The van der Waals surface area contributed by atoms with Gasteiger partial charge in [-0.2, -0.15) is 0 Å². The van der Waals surface area contributed by atoms with Gasteiger partial charge in [0.05, 0.1) is 26.7 Å². The zero-order chi connectivity index (χ0) is 16.9. The van der Waals surface area contributed by atoms with Crippen LogP contribution >= 0.6 is 0 Å². The van der Waals surface area contributed by atoms with Crippen molar-refractivity contribution in [3.8, 4) is 0 Å². The molecule has 1 heterocycles. The largest absolute Gasteiger partial charge is 1.00 e. The summed E-state index contributed by atoms with van der Waals surface area (Å²) in [6.45, 7) is 3.45. The van der Waals surface area contributed by atoms with Gasteiger partial charge in [-0.05, 0) is 42.5 Å². The monoisotopic (exact) mass is 449 g/mol. The van der Waals surface area contributed by atoms with Gasteiger partial charge in [-0.15, -0.1) is 0 Å². The van der Waals surface area contributed by atoms with Crippen molar-refractivity contribution >= 4 is 0 Å². The number of rotatable bonds is 5. The van der Waals surface area contributed by atoms with Gasteiger partial charge in [0.2, 0.25) is 0 Å². The molecule has 3 heteroatoms. The number of benzene rings is 2. The minimum absolute atomic E-state index is 0. The molecule has 1 N–H and O–H groups in total. The molecule has 1 saturated heterocycles. The number of piperidine rings is 1. The minimum Gasteiger partial charge on any atom is -1.00 e. The third-order valence-corrected chi connectivity index (χ3v) is 5.23. The molecule has 3 rings (SSSR count). The van der Waals surface area contributed by atoms with Crippen LogP contribution in [0.4, 0.5) is 0 Å². The van der Waals surface area contributed by atoms with E-state index in [4.69, 9.17) is 0 Å². The molecule has 0 atom stereocenters. The van der Waals surface area contributed by atoms with Crippen molar-refractivity contribution in [2.24, 2.45) is 0 Å². The molecule has 0 bridgehead atoms. The molecule has 1 aliphatic heterocycles. The number of likely N-dealkylation sites (N-methyl/N-ethyl adjacent to an activating group) is 1. The molecule has 0 unspecified atom stereocenters. The van der Waals surface area contributed by atoms with E-state index in [0.717, 1.165) is 22.2 Å². The van der Waals surface area contributed by atoms with Gasteiger partial charge in [0.25, 0.3) is 0 Å². The molecular weight excluding hydrogens is 421 g/mol. The zero-order valence-corrected chi connectivity index (χ0v) is 17.1. The molecule has 1 fully saturated rings. The normalized spacial score (nSPS) is 17.2. The molecule has 25 heavy (non-hydrogen) atoms. The summed E-state index contributed by atoms with van der Waals surface area (Å²) in [5, 5.41) is 11.5. The van der Waals surface area contributed by atoms with E-state index < -0.39 is 5.60 Å². The molecular formula is C22H28INO. The highest BCUT2D eigenvalue weighted by atomic mass is 127. The Morgan fingerprint density at radius 1 is 0.880 bits per heavy atom. The average Bonchev–Trinajstić information content (AvgIpc) is 2.63. The van der Waals surface area contributed by atoms with Crippen molar-refractivity contribution in [1.29, 1.82) is 0 Å². The van der Waals surface area contributed by atoms with Crippen LogP contribution in [-0.2, 0) is 5.60 Å². The minimum atomic E-state index is -1.07. The lowest BCUT2D eigenvalue weighted by Gasteiger charge is -2.37. The van der Waals surface area contributed by atoms with E-state index >= 15 is 0 Å². The highest BCUT2D eigenvalue weighted by molar-refractivity contribution is 5.40. The molecule has 134 valence electrons. The Bertz CT molecular complexity index is 623. The molecule has 2 aromatic rings. The number of aliphatic hydroxyl groups is 1. The Morgan fingerprint density at radius 3 is 1.84 bits per heavy atom. The van der Waals surface area contributed by atoms with Crippen LogP contribution in [0.2, 0.25) is 0 Å². The smallest absolute Gasteiger partial charge is 0.133 e. The molecule has 0 radical (unpaired) electrons. The van der Waals surface area contributed by atoms with E-state index in [0.29, 0.717) is 0 Å². The van der Waals surface area contributed by atoms with Gasteiger partial charge >= 0.3 is 0 Å². The molecule has 0 aliphatic carbocycles. The van der Waals surface area contributed by atoms with Crippen LogP contribution in [0, 0.1) is 0 Å². The number of likely N-dealkylation sites (tertiary alicyclic amines) is 1. The Hall–Kier alpha value is -1.17. The molecule has 0 amide bonds. The van der Waals surface area contributed by atoms with E-state index in [2.05, 4.69) is 13.1 Å². The lowest BCUT2D eigenvalue weighted by atomic mass is 9.86. The SMILES string of the molecule is C[N+]1(CC=CC(O)(c2ccccc2)c2ccccc2)CCCCC1.[I-]. The van der Waals surface area contributed by atoms with Crippen LogP contribution in [0.3, 0.4) is 0 Å². The molecule has 0 spiro atoms. The predicted octanol–water partition coefficient (Wildman–Crippen LogP) is 1.11. The fraction of sp³-hybridized carbons (Fsp3) is 0.364. The second-order valence-corrected chi connectivity index (χ2v) is 7.21. The van der Waals surface area contributed by atoms with Gasteiger partial charge in [-0.3, -0.25) is 0 Å². The summed E-state index contributed by atoms with van der Waals surface area (Å²) in [7, 11) is 2.33. The topological polar surface area (TPSA) is 20.2 Å². The van der Waals surface area contributed by atoms with Crippen LogP contribution in [0.5, 0.6) is 0 Å². The standard InChI is InChI=1S/C22H28NO.HI/c1-23(17-9-4-10-18-23)19-11-16-22(24,20-12-5-2-6-13-20)21-14-7-3-8-15-21;/h2-3,5-8,11-16,24H,4,9-10,17-19H2,1H3;1H/q+1;/p-1. The van der Waals surface area contributed by atoms with E-state index in [1.165, 1.54) is 32.4 Å². The molecule has 1 aliphatic rings. The number of nitrogens with zero attached hydrogens (tertiary/aromatic N) is 1. The summed E-state index contributed by atoms with van der Waals surface area (Å²) in [5.41, 5.74) is 0.750. The Balaban J connectivity index is 0.00000225. The Labute approximate surface area is 168 Å². The van der Waals surface area contributed by atoms with E-state index in [-0.39, 0.29) is 24.0 Å². The second kappa shape index (κ2) is 8.97. The van der Waals surface area contributed by atoms with Crippen LogP contribution in [0.15, 0.2) is 72.8 Å². The predicted molar refractivity (Wildman–Crippen MR) is 99.7 cm³/mol. The maximum absolute atomic E-state index is 11.5. The third-order valence-electron chi connectivity index (χ3n) is 5.23. The number of hydrogen-bond donors (Lipinski definition) is 1. The molecule has 0 saturated carbocycles. The van der Waals surface area contributed by atoms with Crippen molar-refractivity contribution in [1.82, 2.24) is 0 Å². The average molecular weight is 449 g/mol. The van der Waals surface area contributed by atoms with Crippen molar-refractivity contribution in [3.63, 3.8) is 0 Å². The van der Waals surface area contributed by atoms with Crippen molar-refractivity contribution in [2.75, 3.05) is 26.7 Å². The van der Waals surface area contributed by atoms with Crippen molar-refractivity contribution < 1.29 is 33.6 Å². The van der Waals surface area contributed by atoms with E-state index in [1.807, 2.05) is 66.7 Å². The first-order valence-electron chi connectivity index (χ1n) is 8.97. The van der Waals surface area contributed by atoms with Crippen LogP contribution in [0.1, 0.15) is 30.4 Å². The fourth-order valence-electron chi connectivity index (χ4n) is 3.68. The van der Waals surface area contributed by atoms with Crippen LogP contribution in [0.25, 0.3) is 0 Å². The quantitative estimate of drug-likeness (QED) is 0.412. The fourth-order valence-corrected chi connectivity index (χ4v) is 3.68. The lowest BCUT2D eigenvalue weighted by molar-refractivity contribution is -0.908. The van der Waals surface area contributed by atoms with E-state index in [9.17, 15) is 5.11 Å². The van der Waals surface area contributed by atoms with Crippen molar-refractivity contribution in [3.05, 3.63) is 83.9 Å². The number of halogens is 1. The summed E-state index contributed by atoms with van der Waals surface area (Å²) >= 11 is 0. The first-order chi connectivity index (χ1) is 11.6. The zero-order valence-electron chi connectivity index (χ0n) is 14.9. The maximum atomic E-state index is 11.5. The Morgan fingerprint density at radius 2 is 1.36 bits per heavy atom. The summed E-state index contributed by atoms with van der Waals surface area (Å²) in [5.74, 6) is 0. The van der Waals surface area contributed by atoms with Crippen LogP contribution < -0.4 is 24.0 Å². The second-order valence-electron chi connectivity index (χ2n) is 7.21. The lowest BCUT2D eigenvalue weighted by Crippen LogP contribution is -3.00. The summed E-state index contributed by atoms with van der Waals surface area (Å²) in [6.07, 6.45) is 8.13. The van der Waals surface area contributed by atoms with Gasteiger partial charge in [-0.25, -0.2) is 0 Å². The first-order valence-corrected chi connectivity index (χ1v) is 8.97. The molecule has 0 aromatic heterocycles.